The van der Waals surface area contributed by atoms with E-state index < -0.39 is 17.9 Å². The van der Waals surface area contributed by atoms with Gasteiger partial charge in [-0.3, -0.25) is 9.59 Å². The van der Waals surface area contributed by atoms with Gasteiger partial charge in [0.05, 0.1) is 12.7 Å². The number of aromatic hydroxyl groups is 1. The second-order valence-corrected chi connectivity index (χ2v) is 8.24. The predicted octanol–water partition coefficient (Wildman–Crippen LogP) is 4.89. The number of ketones is 2. The van der Waals surface area contributed by atoms with E-state index in [4.69, 9.17) is 9.47 Å². The fraction of sp³-hybridized carbons (Fsp3) is 0.148. The molecule has 1 atom stereocenters. The molecule has 0 aromatic heterocycles. The van der Waals surface area contributed by atoms with Crippen molar-refractivity contribution in [3.05, 3.63) is 88.0 Å². The quantitative estimate of drug-likeness (QED) is 0.451. The number of allylic oxidation sites excluding steroid dienone is 2. The Morgan fingerprint density at radius 1 is 0.970 bits per heavy atom. The zero-order valence-electron chi connectivity index (χ0n) is 18.3. The molecule has 33 heavy (non-hydrogen) atoms. The summed E-state index contributed by atoms with van der Waals surface area (Å²) in [6, 6.07) is 13.5. The van der Waals surface area contributed by atoms with Crippen LogP contribution in [0.4, 0.5) is 0 Å². The van der Waals surface area contributed by atoms with Crippen molar-refractivity contribution in [2.45, 2.75) is 20.0 Å². The van der Waals surface area contributed by atoms with Gasteiger partial charge in [0.2, 0.25) is 0 Å². The molecule has 5 rings (SSSR count). The van der Waals surface area contributed by atoms with Crippen LogP contribution in [0.15, 0.2) is 65.8 Å². The summed E-state index contributed by atoms with van der Waals surface area (Å²) in [5, 5.41) is 12.0. The lowest BCUT2D eigenvalue weighted by atomic mass is 9.75. The second-order valence-electron chi connectivity index (χ2n) is 8.24. The first-order valence-corrected chi connectivity index (χ1v) is 10.5. The molecule has 1 heterocycles. The average molecular weight is 440 g/mol. The van der Waals surface area contributed by atoms with Crippen molar-refractivity contribution in [1.29, 1.82) is 0 Å². The first kappa shape index (κ1) is 20.7. The Hall–Kier alpha value is -4.19. The molecule has 0 radical (unpaired) electrons. The largest absolute Gasteiger partial charge is 0.506 e. The second kappa shape index (κ2) is 7.45. The first-order chi connectivity index (χ1) is 15.8. The Labute approximate surface area is 189 Å². The molecule has 0 amide bonds. The van der Waals surface area contributed by atoms with E-state index in [1.54, 1.807) is 54.6 Å². The van der Waals surface area contributed by atoms with Gasteiger partial charge in [-0.2, -0.15) is 0 Å². The highest BCUT2D eigenvalue weighted by atomic mass is 16.5. The van der Waals surface area contributed by atoms with Crippen LogP contribution in [0.1, 0.15) is 50.5 Å². The van der Waals surface area contributed by atoms with Crippen LogP contribution in [0.25, 0.3) is 16.3 Å². The van der Waals surface area contributed by atoms with Gasteiger partial charge in [-0.05, 0) is 19.9 Å². The van der Waals surface area contributed by atoms with Gasteiger partial charge in [0.1, 0.15) is 23.2 Å². The van der Waals surface area contributed by atoms with E-state index in [2.05, 4.69) is 0 Å². The zero-order valence-corrected chi connectivity index (χ0v) is 18.3. The standard InChI is InChI=1S/C27H20O6/c1-13(2)12-18-19-20(24(29)15-9-5-4-8-14(15)23(19)28)21-22(27(31)32-3)25(30)16-10-6-7-11-17(16)26(21)33-18/h4-12,18,30H,1-3H3/t18-/m0/s1. The molecular formula is C27H20O6. The number of phenols is 1. The van der Waals surface area contributed by atoms with E-state index >= 15 is 0 Å². The van der Waals surface area contributed by atoms with E-state index in [9.17, 15) is 19.5 Å². The number of rotatable bonds is 2. The molecule has 0 unspecified atom stereocenters. The molecule has 1 N–H and O–H groups in total. The molecule has 3 aromatic carbocycles. The highest BCUT2D eigenvalue weighted by Crippen LogP contribution is 2.50. The molecule has 0 fully saturated rings. The van der Waals surface area contributed by atoms with Crippen LogP contribution in [-0.2, 0) is 4.74 Å². The molecule has 1 aliphatic heterocycles. The third-order valence-electron chi connectivity index (χ3n) is 5.95. The number of carbonyl (C=O) groups is 3. The summed E-state index contributed by atoms with van der Waals surface area (Å²) in [6.45, 7) is 3.74. The van der Waals surface area contributed by atoms with Crippen molar-refractivity contribution >= 4 is 33.9 Å². The lowest BCUT2D eigenvalue weighted by Gasteiger charge is -2.33. The molecular weight excluding hydrogens is 420 g/mol. The minimum absolute atomic E-state index is 0.0592. The van der Waals surface area contributed by atoms with Crippen molar-refractivity contribution in [2.24, 2.45) is 0 Å². The molecule has 1 aliphatic carbocycles. The van der Waals surface area contributed by atoms with Crippen LogP contribution in [0.2, 0.25) is 0 Å². The lowest BCUT2D eigenvalue weighted by molar-refractivity contribution is 0.0596. The number of benzene rings is 3. The van der Waals surface area contributed by atoms with Crippen LogP contribution < -0.4 is 4.74 Å². The topological polar surface area (TPSA) is 89.9 Å². The van der Waals surface area contributed by atoms with E-state index in [1.807, 2.05) is 13.8 Å². The molecule has 3 aromatic rings. The molecule has 0 saturated carbocycles. The summed E-state index contributed by atoms with van der Waals surface area (Å²) in [5.74, 6) is -1.66. The van der Waals surface area contributed by atoms with E-state index in [0.29, 0.717) is 10.8 Å². The van der Waals surface area contributed by atoms with Gasteiger partial charge in [-0.1, -0.05) is 54.1 Å². The van der Waals surface area contributed by atoms with Gasteiger partial charge in [-0.25, -0.2) is 4.79 Å². The summed E-state index contributed by atoms with van der Waals surface area (Å²) in [4.78, 5) is 40.2. The zero-order chi connectivity index (χ0) is 23.4. The summed E-state index contributed by atoms with van der Waals surface area (Å²) in [7, 11) is 1.19. The predicted molar refractivity (Wildman–Crippen MR) is 123 cm³/mol. The number of ether oxygens (including phenoxy) is 2. The average Bonchev–Trinajstić information content (AvgIpc) is 2.82. The molecule has 0 spiro atoms. The minimum Gasteiger partial charge on any atom is -0.506 e. The number of fused-ring (bicyclic) bond motifs is 5. The van der Waals surface area contributed by atoms with Gasteiger partial charge < -0.3 is 14.6 Å². The number of hydrogen-bond donors (Lipinski definition) is 1. The summed E-state index contributed by atoms with van der Waals surface area (Å²) in [6.07, 6.45) is 0.942. The van der Waals surface area contributed by atoms with Crippen molar-refractivity contribution in [1.82, 2.24) is 0 Å². The number of esters is 1. The van der Waals surface area contributed by atoms with Crippen LogP contribution in [0.3, 0.4) is 0 Å². The van der Waals surface area contributed by atoms with Crippen LogP contribution in [0, 0.1) is 0 Å². The number of Topliss-reactive ketones (excluding diaryl/α,β-unsaturated/α-hetero) is 2. The molecule has 164 valence electrons. The summed E-state index contributed by atoms with van der Waals surface area (Å²) >= 11 is 0. The van der Waals surface area contributed by atoms with E-state index in [1.165, 1.54) is 7.11 Å². The van der Waals surface area contributed by atoms with Crippen molar-refractivity contribution in [3.63, 3.8) is 0 Å². The van der Waals surface area contributed by atoms with Gasteiger partial charge >= 0.3 is 5.97 Å². The fourth-order valence-electron chi connectivity index (χ4n) is 4.57. The minimum atomic E-state index is -0.833. The lowest BCUT2D eigenvalue weighted by Crippen LogP contribution is -2.35. The van der Waals surface area contributed by atoms with Gasteiger partial charge in [0, 0.05) is 33.0 Å². The molecule has 6 nitrogen and oxygen atoms in total. The number of phenolic OH excluding ortho intramolecular Hbond substituents is 1. The Bertz CT molecular complexity index is 1450. The third-order valence-corrected chi connectivity index (χ3v) is 5.95. The highest BCUT2D eigenvalue weighted by molar-refractivity contribution is 6.43. The normalized spacial score (nSPS) is 16.5. The van der Waals surface area contributed by atoms with Crippen molar-refractivity contribution in [3.8, 4) is 11.5 Å². The maximum atomic E-state index is 13.8. The fourth-order valence-corrected chi connectivity index (χ4v) is 4.57. The van der Waals surface area contributed by atoms with Crippen LogP contribution in [0.5, 0.6) is 11.5 Å². The van der Waals surface area contributed by atoms with Gasteiger partial charge in [0.15, 0.2) is 11.6 Å². The van der Waals surface area contributed by atoms with E-state index in [0.717, 1.165) is 5.57 Å². The Kier molecular flexibility index (Phi) is 4.67. The smallest absolute Gasteiger partial charge is 0.342 e. The Balaban J connectivity index is 1.97. The molecule has 2 aliphatic rings. The maximum absolute atomic E-state index is 13.8. The van der Waals surface area contributed by atoms with Gasteiger partial charge in [-0.15, -0.1) is 0 Å². The van der Waals surface area contributed by atoms with Crippen LogP contribution >= 0.6 is 0 Å². The molecule has 0 saturated heterocycles. The van der Waals surface area contributed by atoms with Gasteiger partial charge in [0.25, 0.3) is 0 Å². The molecule has 0 bridgehead atoms. The van der Waals surface area contributed by atoms with Crippen LogP contribution in [-0.4, -0.2) is 35.9 Å². The maximum Gasteiger partial charge on any atom is 0.342 e. The molecule has 6 heteroatoms. The highest BCUT2D eigenvalue weighted by Gasteiger charge is 2.44. The Morgan fingerprint density at radius 2 is 1.58 bits per heavy atom. The number of methoxy groups -OCH3 is 1. The number of hydrogen-bond acceptors (Lipinski definition) is 6. The van der Waals surface area contributed by atoms with Crippen molar-refractivity contribution < 1.29 is 29.0 Å². The third kappa shape index (κ3) is 2.91. The summed E-state index contributed by atoms with van der Waals surface area (Å²) < 4.78 is 11.3. The number of carbonyl (C=O) groups excluding carboxylic acids is 3. The Morgan fingerprint density at radius 3 is 2.21 bits per heavy atom. The monoisotopic (exact) mass is 440 g/mol. The van der Waals surface area contributed by atoms with E-state index in [-0.39, 0.29) is 50.7 Å². The SMILES string of the molecule is COC(=O)c1c2c(c3ccccc3c1O)O[C@@H](C=C(C)C)C1=C2C(=O)c2ccccc2C1=O. The summed E-state index contributed by atoms with van der Waals surface area (Å²) in [5.41, 5.74) is 1.51. The first-order valence-electron chi connectivity index (χ1n) is 10.5. The van der Waals surface area contributed by atoms with Crippen molar-refractivity contribution in [2.75, 3.05) is 7.11 Å².